The van der Waals surface area contributed by atoms with Crippen LogP contribution in [0.4, 0.5) is 24.5 Å². The fourth-order valence-electron chi connectivity index (χ4n) is 1.67. The van der Waals surface area contributed by atoms with Gasteiger partial charge >= 0.3 is 6.18 Å². The maximum Gasteiger partial charge on any atom is 0.417 e. The van der Waals surface area contributed by atoms with E-state index in [9.17, 15) is 13.2 Å². The molecule has 0 aliphatic rings. The zero-order chi connectivity index (χ0) is 14.8. The van der Waals surface area contributed by atoms with Crippen LogP contribution in [0.5, 0.6) is 0 Å². The van der Waals surface area contributed by atoms with Crippen LogP contribution in [-0.4, -0.2) is 4.98 Å². The molecule has 0 unspecified atom stereocenters. The molecule has 2 rings (SSSR count). The highest BCUT2D eigenvalue weighted by molar-refractivity contribution is 5.62. The number of hydrogen-bond acceptors (Lipinski definition) is 3. The van der Waals surface area contributed by atoms with Crippen LogP contribution in [0.25, 0.3) is 0 Å². The van der Waals surface area contributed by atoms with Crippen molar-refractivity contribution in [1.82, 2.24) is 4.98 Å². The average molecular weight is 277 g/mol. The van der Waals surface area contributed by atoms with Crippen molar-refractivity contribution in [1.29, 1.82) is 5.26 Å². The second kappa shape index (κ2) is 5.21. The number of pyridine rings is 1. The van der Waals surface area contributed by atoms with Gasteiger partial charge in [-0.25, -0.2) is 0 Å². The molecule has 0 fully saturated rings. The number of nitrogens with one attached hydrogen (secondary N) is 1. The van der Waals surface area contributed by atoms with Crippen molar-refractivity contribution in [2.75, 3.05) is 5.32 Å². The minimum Gasteiger partial charge on any atom is -0.354 e. The third kappa shape index (κ3) is 3.06. The molecule has 2 aromatic rings. The van der Waals surface area contributed by atoms with Crippen molar-refractivity contribution >= 4 is 11.4 Å². The lowest BCUT2D eigenvalue weighted by atomic mass is 10.1. The molecule has 0 atom stereocenters. The molecule has 0 saturated heterocycles. The first kappa shape index (κ1) is 13.9. The van der Waals surface area contributed by atoms with E-state index in [1.165, 1.54) is 12.1 Å². The molecule has 102 valence electrons. The number of anilines is 2. The molecule has 1 aromatic heterocycles. The van der Waals surface area contributed by atoms with E-state index in [-0.39, 0.29) is 0 Å². The maximum atomic E-state index is 12.7. The molecule has 20 heavy (non-hydrogen) atoms. The van der Waals surface area contributed by atoms with Gasteiger partial charge in [-0.3, -0.25) is 4.98 Å². The van der Waals surface area contributed by atoms with Crippen molar-refractivity contribution in [2.45, 2.75) is 13.1 Å². The van der Waals surface area contributed by atoms with E-state index in [0.717, 1.165) is 11.8 Å². The Morgan fingerprint density at radius 3 is 2.40 bits per heavy atom. The summed E-state index contributed by atoms with van der Waals surface area (Å²) in [5.41, 5.74) is 0.523. The Morgan fingerprint density at radius 1 is 1.15 bits per heavy atom. The second-order valence-corrected chi connectivity index (χ2v) is 4.18. The van der Waals surface area contributed by atoms with Crippen molar-refractivity contribution in [3.8, 4) is 6.07 Å². The quantitative estimate of drug-likeness (QED) is 0.901. The molecular formula is C14H10F3N3. The summed E-state index contributed by atoms with van der Waals surface area (Å²) in [5.74, 6) is 0. The van der Waals surface area contributed by atoms with Gasteiger partial charge in [0.25, 0.3) is 0 Å². The van der Waals surface area contributed by atoms with Crippen LogP contribution < -0.4 is 5.32 Å². The van der Waals surface area contributed by atoms with Gasteiger partial charge in [-0.05, 0) is 37.3 Å². The number of halogens is 3. The van der Waals surface area contributed by atoms with Crippen LogP contribution in [0.2, 0.25) is 0 Å². The van der Waals surface area contributed by atoms with Crippen LogP contribution in [-0.2, 0) is 6.18 Å². The Labute approximate surface area is 113 Å². The molecule has 0 aliphatic carbocycles. The summed E-state index contributed by atoms with van der Waals surface area (Å²) in [4.78, 5) is 4.07. The minimum atomic E-state index is -4.53. The monoisotopic (exact) mass is 277 g/mol. The van der Waals surface area contributed by atoms with E-state index in [2.05, 4.69) is 10.3 Å². The summed E-state index contributed by atoms with van der Waals surface area (Å²) in [6.45, 7) is 1.83. The van der Waals surface area contributed by atoms with Gasteiger partial charge < -0.3 is 5.32 Å². The molecule has 0 amide bonds. The van der Waals surface area contributed by atoms with Crippen LogP contribution in [0, 0.1) is 18.3 Å². The predicted molar refractivity (Wildman–Crippen MR) is 68.4 cm³/mol. The van der Waals surface area contributed by atoms with Crippen LogP contribution in [0.15, 0.2) is 36.5 Å². The molecule has 0 radical (unpaired) electrons. The lowest BCUT2D eigenvalue weighted by Crippen LogP contribution is -2.08. The zero-order valence-corrected chi connectivity index (χ0v) is 10.5. The first-order valence-electron chi connectivity index (χ1n) is 5.71. The molecule has 3 nitrogen and oxygen atoms in total. The van der Waals surface area contributed by atoms with Crippen LogP contribution in [0.1, 0.15) is 16.8 Å². The highest BCUT2D eigenvalue weighted by atomic mass is 19.4. The van der Waals surface area contributed by atoms with Crippen LogP contribution >= 0.6 is 0 Å². The van der Waals surface area contributed by atoms with E-state index in [4.69, 9.17) is 5.26 Å². The van der Waals surface area contributed by atoms with E-state index in [0.29, 0.717) is 11.4 Å². The molecule has 0 saturated carbocycles. The smallest absolute Gasteiger partial charge is 0.354 e. The van der Waals surface area contributed by atoms with Gasteiger partial charge in [-0.2, -0.15) is 18.4 Å². The molecule has 0 spiro atoms. The SMILES string of the molecule is Cc1ccc(Nc2ccc(C(F)(F)F)c(C#N)c2)cn1. The summed E-state index contributed by atoms with van der Waals surface area (Å²) in [6.07, 6.45) is -2.96. The predicted octanol–water partition coefficient (Wildman–Crippen LogP) is 4.02. The molecule has 1 N–H and O–H groups in total. The molecule has 0 aliphatic heterocycles. The summed E-state index contributed by atoms with van der Waals surface area (Å²) in [5, 5.41) is 11.7. The maximum absolute atomic E-state index is 12.7. The third-order valence-corrected chi connectivity index (χ3v) is 2.65. The lowest BCUT2D eigenvalue weighted by molar-refractivity contribution is -0.137. The molecule has 1 aromatic carbocycles. The van der Waals surface area contributed by atoms with Gasteiger partial charge in [0.1, 0.15) is 0 Å². The van der Waals surface area contributed by atoms with Gasteiger partial charge in [0.15, 0.2) is 0 Å². The van der Waals surface area contributed by atoms with Gasteiger partial charge in [0.05, 0.1) is 29.1 Å². The summed E-state index contributed by atoms with van der Waals surface area (Å²) >= 11 is 0. The summed E-state index contributed by atoms with van der Waals surface area (Å²) < 4.78 is 38.0. The topological polar surface area (TPSA) is 48.7 Å². The fourth-order valence-corrected chi connectivity index (χ4v) is 1.67. The molecule has 6 heteroatoms. The molecular weight excluding hydrogens is 267 g/mol. The number of nitriles is 1. The fraction of sp³-hybridized carbons (Fsp3) is 0.143. The van der Waals surface area contributed by atoms with Gasteiger partial charge in [0, 0.05) is 11.4 Å². The minimum absolute atomic E-state index is 0.403. The number of aryl methyl sites for hydroxylation is 1. The normalized spacial score (nSPS) is 10.9. The number of aromatic nitrogens is 1. The largest absolute Gasteiger partial charge is 0.417 e. The third-order valence-electron chi connectivity index (χ3n) is 2.65. The number of nitrogens with zero attached hydrogens (tertiary/aromatic N) is 2. The Kier molecular flexibility index (Phi) is 3.61. The standard InChI is InChI=1S/C14H10F3N3/c1-9-2-3-12(8-19-9)20-11-4-5-13(14(15,16)17)10(6-11)7-18/h2-6,8,20H,1H3. The number of alkyl halides is 3. The van der Waals surface area contributed by atoms with Gasteiger partial charge in [-0.15, -0.1) is 0 Å². The Morgan fingerprint density at radius 2 is 1.85 bits per heavy atom. The van der Waals surface area contributed by atoms with Crippen molar-refractivity contribution in [3.05, 3.63) is 53.3 Å². The first-order valence-corrected chi connectivity index (χ1v) is 5.71. The average Bonchev–Trinajstić information content (AvgIpc) is 2.40. The Hall–Kier alpha value is -2.55. The summed E-state index contributed by atoms with van der Waals surface area (Å²) in [7, 11) is 0. The van der Waals surface area contributed by atoms with E-state index < -0.39 is 17.3 Å². The van der Waals surface area contributed by atoms with Crippen molar-refractivity contribution in [2.24, 2.45) is 0 Å². The molecule has 0 bridgehead atoms. The molecule has 1 heterocycles. The van der Waals surface area contributed by atoms with Crippen molar-refractivity contribution in [3.63, 3.8) is 0 Å². The number of rotatable bonds is 2. The van der Waals surface area contributed by atoms with E-state index in [1.807, 2.05) is 6.92 Å². The number of benzene rings is 1. The summed E-state index contributed by atoms with van der Waals surface area (Å²) in [6, 6.07) is 8.44. The van der Waals surface area contributed by atoms with Gasteiger partial charge in [-0.1, -0.05) is 0 Å². The van der Waals surface area contributed by atoms with Crippen molar-refractivity contribution < 1.29 is 13.2 Å². The Balaban J connectivity index is 2.31. The van der Waals surface area contributed by atoms with E-state index in [1.54, 1.807) is 24.4 Å². The second-order valence-electron chi connectivity index (χ2n) is 4.18. The highest BCUT2D eigenvalue weighted by Crippen LogP contribution is 2.33. The van der Waals surface area contributed by atoms with E-state index >= 15 is 0 Å². The first-order chi connectivity index (χ1) is 9.40. The van der Waals surface area contributed by atoms with Gasteiger partial charge in [0.2, 0.25) is 0 Å². The Bertz CT molecular complexity index is 655. The van der Waals surface area contributed by atoms with Crippen LogP contribution in [0.3, 0.4) is 0 Å². The lowest BCUT2D eigenvalue weighted by Gasteiger charge is -2.11. The highest BCUT2D eigenvalue weighted by Gasteiger charge is 2.33. The number of hydrogen-bond donors (Lipinski definition) is 1. The zero-order valence-electron chi connectivity index (χ0n) is 10.5.